The number of hydrogen-bond donors (Lipinski definition) is 0. The van der Waals surface area contributed by atoms with E-state index in [4.69, 9.17) is 4.74 Å². The van der Waals surface area contributed by atoms with Crippen LogP contribution >= 0.6 is 0 Å². The zero-order valence-electron chi connectivity index (χ0n) is 11.9. The molecular formula is C17H24O2. The molecule has 2 nitrogen and oxygen atoms in total. The standard InChI is InChI=1S/C17H24O2/c1-2-8-17(18)19-13-15-11-6-7-12-16(15)14-9-4-3-5-10-14/h6-7,11-12,14H,2-5,8-10,13H2,1H3. The third-order valence-corrected chi connectivity index (χ3v) is 3.94. The first-order valence-electron chi connectivity index (χ1n) is 7.54. The van der Waals surface area contributed by atoms with Crippen LogP contribution in [0.15, 0.2) is 24.3 Å². The maximum Gasteiger partial charge on any atom is 0.306 e. The van der Waals surface area contributed by atoms with Crippen molar-refractivity contribution in [2.24, 2.45) is 0 Å². The molecule has 0 radical (unpaired) electrons. The van der Waals surface area contributed by atoms with Crippen LogP contribution in [0.4, 0.5) is 0 Å². The van der Waals surface area contributed by atoms with Gasteiger partial charge in [0.1, 0.15) is 6.61 Å². The summed E-state index contributed by atoms with van der Waals surface area (Å²) in [6.45, 7) is 2.43. The Morgan fingerprint density at radius 1 is 1.21 bits per heavy atom. The molecular weight excluding hydrogens is 236 g/mol. The van der Waals surface area contributed by atoms with Crippen molar-refractivity contribution in [1.29, 1.82) is 0 Å². The Bertz CT molecular complexity index is 405. The van der Waals surface area contributed by atoms with Crippen LogP contribution in [-0.2, 0) is 16.1 Å². The summed E-state index contributed by atoms with van der Waals surface area (Å²) in [6.07, 6.45) is 7.95. The summed E-state index contributed by atoms with van der Waals surface area (Å²) in [7, 11) is 0. The summed E-state index contributed by atoms with van der Waals surface area (Å²) in [5.41, 5.74) is 2.59. The fourth-order valence-electron chi connectivity index (χ4n) is 2.91. The predicted molar refractivity (Wildman–Crippen MR) is 77.0 cm³/mol. The van der Waals surface area contributed by atoms with Crippen molar-refractivity contribution in [3.8, 4) is 0 Å². The van der Waals surface area contributed by atoms with Crippen LogP contribution in [0.2, 0.25) is 0 Å². The lowest BCUT2D eigenvalue weighted by molar-refractivity contribution is -0.145. The van der Waals surface area contributed by atoms with E-state index in [1.165, 1.54) is 43.2 Å². The number of carbonyl (C=O) groups excluding carboxylic acids is 1. The van der Waals surface area contributed by atoms with Crippen LogP contribution in [0.25, 0.3) is 0 Å². The van der Waals surface area contributed by atoms with Crippen molar-refractivity contribution in [2.45, 2.75) is 64.4 Å². The van der Waals surface area contributed by atoms with Gasteiger partial charge in [0, 0.05) is 6.42 Å². The van der Waals surface area contributed by atoms with Gasteiger partial charge < -0.3 is 4.74 Å². The maximum atomic E-state index is 11.5. The van der Waals surface area contributed by atoms with E-state index in [9.17, 15) is 4.79 Å². The zero-order chi connectivity index (χ0) is 13.5. The molecule has 1 aliphatic rings. The summed E-state index contributed by atoms with van der Waals surface area (Å²) >= 11 is 0. The molecule has 0 aromatic heterocycles. The molecule has 0 atom stereocenters. The molecule has 0 unspecified atom stereocenters. The van der Waals surface area contributed by atoms with Crippen LogP contribution in [0.5, 0.6) is 0 Å². The van der Waals surface area contributed by atoms with E-state index in [0.29, 0.717) is 18.9 Å². The quantitative estimate of drug-likeness (QED) is 0.724. The van der Waals surface area contributed by atoms with Crippen molar-refractivity contribution in [2.75, 3.05) is 0 Å². The van der Waals surface area contributed by atoms with Crippen LogP contribution in [0.3, 0.4) is 0 Å². The lowest BCUT2D eigenvalue weighted by Gasteiger charge is -2.24. The van der Waals surface area contributed by atoms with Gasteiger partial charge in [-0.25, -0.2) is 0 Å². The number of carbonyl (C=O) groups is 1. The molecule has 19 heavy (non-hydrogen) atoms. The minimum Gasteiger partial charge on any atom is -0.461 e. The highest BCUT2D eigenvalue weighted by Crippen LogP contribution is 2.34. The molecule has 1 aromatic carbocycles. The second-order valence-corrected chi connectivity index (χ2v) is 5.44. The molecule has 0 bridgehead atoms. The molecule has 0 amide bonds. The van der Waals surface area contributed by atoms with Crippen LogP contribution in [0.1, 0.15) is 68.9 Å². The fourth-order valence-corrected chi connectivity index (χ4v) is 2.91. The fraction of sp³-hybridized carbons (Fsp3) is 0.588. The SMILES string of the molecule is CCCC(=O)OCc1ccccc1C1CCCCC1. The summed E-state index contributed by atoms with van der Waals surface area (Å²) in [4.78, 5) is 11.5. The molecule has 0 N–H and O–H groups in total. The number of esters is 1. The van der Waals surface area contributed by atoms with Crippen molar-refractivity contribution >= 4 is 5.97 Å². The van der Waals surface area contributed by atoms with Gasteiger partial charge in [0.05, 0.1) is 0 Å². The van der Waals surface area contributed by atoms with Crippen LogP contribution in [0, 0.1) is 0 Å². The Labute approximate surface area is 116 Å². The van der Waals surface area contributed by atoms with Crippen molar-refractivity contribution < 1.29 is 9.53 Å². The maximum absolute atomic E-state index is 11.5. The van der Waals surface area contributed by atoms with Gasteiger partial charge in [0.25, 0.3) is 0 Å². The number of hydrogen-bond acceptors (Lipinski definition) is 2. The van der Waals surface area contributed by atoms with Gasteiger partial charge in [-0.15, -0.1) is 0 Å². The average Bonchev–Trinajstić information content (AvgIpc) is 2.47. The monoisotopic (exact) mass is 260 g/mol. The van der Waals surface area contributed by atoms with Gasteiger partial charge in [0.2, 0.25) is 0 Å². The summed E-state index contributed by atoms with van der Waals surface area (Å²) in [5, 5.41) is 0. The Balaban J connectivity index is 2.01. The van der Waals surface area contributed by atoms with E-state index < -0.39 is 0 Å². The van der Waals surface area contributed by atoms with Gasteiger partial charge in [-0.3, -0.25) is 4.79 Å². The average molecular weight is 260 g/mol. The number of ether oxygens (including phenoxy) is 1. The molecule has 1 saturated carbocycles. The predicted octanol–water partition coefficient (Wildman–Crippen LogP) is 4.58. The second kappa shape index (κ2) is 7.32. The van der Waals surface area contributed by atoms with Crippen LogP contribution < -0.4 is 0 Å². The Kier molecular flexibility index (Phi) is 5.44. The van der Waals surface area contributed by atoms with E-state index in [-0.39, 0.29) is 5.97 Å². The Morgan fingerprint density at radius 3 is 2.68 bits per heavy atom. The Morgan fingerprint density at radius 2 is 1.95 bits per heavy atom. The molecule has 0 saturated heterocycles. The Hall–Kier alpha value is -1.31. The molecule has 0 spiro atoms. The normalized spacial score (nSPS) is 16.3. The molecule has 2 rings (SSSR count). The highest BCUT2D eigenvalue weighted by atomic mass is 16.5. The molecule has 2 heteroatoms. The van der Waals surface area contributed by atoms with Crippen LogP contribution in [-0.4, -0.2) is 5.97 Å². The van der Waals surface area contributed by atoms with E-state index >= 15 is 0 Å². The van der Waals surface area contributed by atoms with Gasteiger partial charge in [-0.1, -0.05) is 50.5 Å². The molecule has 0 heterocycles. The minimum absolute atomic E-state index is 0.0825. The van der Waals surface area contributed by atoms with Crippen molar-refractivity contribution in [3.63, 3.8) is 0 Å². The van der Waals surface area contributed by atoms with Gasteiger partial charge in [-0.2, -0.15) is 0 Å². The van der Waals surface area contributed by atoms with Crippen molar-refractivity contribution in [3.05, 3.63) is 35.4 Å². The number of benzene rings is 1. The summed E-state index contributed by atoms with van der Waals surface area (Å²) in [5.74, 6) is 0.579. The first-order chi connectivity index (χ1) is 9.31. The molecule has 104 valence electrons. The third kappa shape index (κ3) is 4.09. The lowest BCUT2D eigenvalue weighted by atomic mass is 9.82. The molecule has 0 aliphatic heterocycles. The second-order valence-electron chi connectivity index (χ2n) is 5.44. The molecule has 1 fully saturated rings. The first kappa shape index (κ1) is 14.1. The topological polar surface area (TPSA) is 26.3 Å². The largest absolute Gasteiger partial charge is 0.461 e. The number of rotatable bonds is 5. The minimum atomic E-state index is -0.0825. The van der Waals surface area contributed by atoms with Gasteiger partial charge in [-0.05, 0) is 36.3 Å². The van der Waals surface area contributed by atoms with E-state index in [0.717, 1.165) is 6.42 Å². The van der Waals surface area contributed by atoms with E-state index in [2.05, 4.69) is 18.2 Å². The zero-order valence-corrected chi connectivity index (χ0v) is 11.9. The van der Waals surface area contributed by atoms with E-state index in [1.54, 1.807) is 0 Å². The lowest BCUT2D eigenvalue weighted by Crippen LogP contribution is -2.10. The smallest absolute Gasteiger partial charge is 0.306 e. The third-order valence-electron chi connectivity index (χ3n) is 3.94. The highest BCUT2D eigenvalue weighted by molar-refractivity contribution is 5.69. The first-order valence-corrected chi connectivity index (χ1v) is 7.54. The molecule has 1 aromatic rings. The van der Waals surface area contributed by atoms with Gasteiger partial charge >= 0.3 is 5.97 Å². The summed E-state index contributed by atoms with van der Waals surface area (Å²) in [6, 6.07) is 8.44. The highest BCUT2D eigenvalue weighted by Gasteiger charge is 2.18. The van der Waals surface area contributed by atoms with E-state index in [1.807, 2.05) is 13.0 Å². The van der Waals surface area contributed by atoms with Crippen molar-refractivity contribution in [1.82, 2.24) is 0 Å². The summed E-state index contributed by atoms with van der Waals surface area (Å²) < 4.78 is 5.36. The molecule has 1 aliphatic carbocycles. The van der Waals surface area contributed by atoms with Gasteiger partial charge in [0.15, 0.2) is 0 Å².